The predicted molar refractivity (Wildman–Crippen MR) is 250 cm³/mol. The summed E-state index contributed by atoms with van der Waals surface area (Å²) in [7, 11) is -5.54. The highest BCUT2D eigenvalue weighted by atomic mass is 32.3. The van der Waals surface area contributed by atoms with Crippen molar-refractivity contribution in [1.82, 2.24) is 10.6 Å². The van der Waals surface area contributed by atoms with Gasteiger partial charge in [0.05, 0.1) is 25.0 Å². The molecule has 0 saturated heterocycles. The molecule has 0 radical (unpaired) electrons. The van der Waals surface area contributed by atoms with Crippen LogP contribution in [-0.4, -0.2) is 64.1 Å². The summed E-state index contributed by atoms with van der Waals surface area (Å²) in [4.78, 5) is 23.3. The van der Waals surface area contributed by atoms with Crippen LogP contribution in [0.15, 0.2) is 84.9 Å². The second-order valence-electron chi connectivity index (χ2n) is 18.6. The number of nitrogens with two attached hydrogens (primary N) is 2. The van der Waals surface area contributed by atoms with E-state index in [-0.39, 0.29) is 46.6 Å². The van der Waals surface area contributed by atoms with Crippen molar-refractivity contribution in [2.45, 2.75) is 103 Å². The van der Waals surface area contributed by atoms with Crippen molar-refractivity contribution in [3.63, 3.8) is 0 Å². The standard InChI is InChI=1S/C46H66N4O8SSi2/c1-45(2,3)60(9,10)57-41(29-49-7)35-21-23-39(37(27-35)33-17-13-31(14-18-33)25-43(47)51)55-59(53,54)56-40-24-22-36(42(30-50-8)58-61(11,12)46(4,5)6)28-38(40)34-19-15-32(16-20-34)26-44(48)52/h13-24,27-28,41-42,49-50H,25-26,29-30H2,1-12H3,(H2,47,51)(H2,48,52). The zero-order valence-electron chi connectivity index (χ0n) is 37.9. The minimum atomic E-state index is -4.78. The van der Waals surface area contributed by atoms with E-state index in [1.54, 1.807) is 60.7 Å². The van der Waals surface area contributed by atoms with Crippen LogP contribution in [0.1, 0.15) is 76.0 Å². The number of nitrogens with one attached hydrogen (secondary N) is 2. The first-order valence-electron chi connectivity index (χ1n) is 20.6. The fourth-order valence-corrected chi connectivity index (χ4v) is 9.56. The Labute approximate surface area is 365 Å². The van der Waals surface area contributed by atoms with Gasteiger partial charge in [0.25, 0.3) is 0 Å². The van der Waals surface area contributed by atoms with Crippen LogP contribution in [0.5, 0.6) is 11.5 Å². The van der Waals surface area contributed by atoms with Crippen LogP contribution in [0.25, 0.3) is 22.3 Å². The third kappa shape index (κ3) is 13.3. The number of primary amides is 2. The van der Waals surface area contributed by atoms with Crippen LogP contribution in [0.4, 0.5) is 0 Å². The summed E-state index contributed by atoms with van der Waals surface area (Å²) in [6.07, 6.45) is -0.570. The van der Waals surface area contributed by atoms with Gasteiger partial charge < -0.3 is 39.3 Å². The van der Waals surface area contributed by atoms with E-state index in [0.29, 0.717) is 46.5 Å². The average molecular weight is 891 g/mol. The molecule has 4 rings (SSSR count). The van der Waals surface area contributed by atoms with Crippen molar-refractivity contribution in [2.24, 2.45) is 11.5 Å². The molecule has 0 spiro atoms. The van der Waals surface area contributed by atoms with Crippen LogP contribution in [0.3, 0.4) is 0 Å². The average Bonchev–Trinajstić information content (AvgIpc) is 3.14. The molecule has 0 aromatic heterocycles. The Morgan fingerprint density at radius 1 is 0.590 bits per heavy atom. The molecular weight excluding hydrogens is 825 g/mol. The van der Waals surface area contributed by atoms with Gasteiger partial charge in [-0.15, -0.1) is 8.42 Å². The summed E-state index contributed by atoms with van der Waals surface area (Å²) in [6.45, 7) is 22.9. The van der Waals surface area contributed by atoms with E-state index in [1.807, 2.05) is 38.4 Å². The van der Waals surface area contributed by atoms with E-state index < -0.39 is 38.8 Å². The van der Waals surface area contributed by atoms with Gasteiger partial charge in [-0.1, -0.05) is 102 Å². The molecule has 2 amide bonds. The molecule has 0 fully saturated rings. The first-order chi connectivity index (χ1) is 28.3. The summed E-state index contributed by atoms with van der Waals surface area (Å²) < 4.78 is 53.7. The number of hydrogen-bond acceptors (Lipinski definition) is 10. The Kier molecular flexibility index (Phi) is 16.0. The molecule has 0 heterocycles. The molecule has 12 nitrogen and oxygen atoms in total. The molecule has 2 atom stereocenters. The van der Waals surface area contributed by atoms with Gasteiger partial charge in [0.2, 0.25) is 11.8 Å². The Morgan fingerprint density at radius 3 is 1.20 bits per heavy atom. The Morgan fingerprint density at radius 2 is 0.918 bits per heavy atom. The fraction of sp³-hybridized carbons (Fsp3) is 0.435. The highest BCUT2D eigenvalue weighted by Crippen LogP contribution is 2.43. The van der Waals surface area contributed by atoms with Gasteiger partial charge in [0, 0.05) is 24.2 Å². The summed E-state index contributed by atoms with van der Waals surface area (Å²) >= 11 is 0. The lowest BCUT2D eigenvalue weighted by Gasteiger charge is -2.39. The Bertz CT molecular complexity index is 2100. The monoisotopic (exact) mass is 890 g/mol. The molecule has 0 aliphatic rings. The topological polar surface area (TPSA) is 181 Å². The number of carbonyl (C=O) groups excluding carboxylic acids is 2. The molecule has 332 valence electrons. The van der Waals surface area contributed by atoms with E-state index in [1.165, 1.54) is 0 Å². The van der Waals surface area contributed by atoms with Crippen LogP contribution in [0, 0.1) is 0 Å². The van der Waals surface area contributed by atoms with Crippen LogP contribution in [-0.2, 0) is 41.7 Å². The minimum absolute atomic E-state index is 0.0350. The summed E-state index contributed by atoms with van der Waals surface area (Å²) in [5, 5.41) is 6.38. The third-order valence-corrected chi connectivity index (χ3v) is 21.4. The number of amides is 2. The number of hydrogen-bond donors (Lipinski definition) is 4. The van der Waals surface area contributed by atoms with Gasteiger partial charge >= 0.3 is 10.4 Å². The predicted octanol–water partition coefficient (Wildman–Crippen LogP) is 8.34. The summed E-state index contributed by atoms with van der Waals surface area (Å²) in [6, 6.07) is 24.9. The van der Waals surface area contributed by atoms with Gasteiger partial charge in [0.15, 0.2) is 28.1 Å². The molecule has 0 bridgehead atoms. The molecule has 61 heavy (non-hydrogen) atoms. The first kappa shape index (κ1) is 49.3. The van der Waals surface area contributed by atoms with Gasteiger partial charge in [-0.05, 0) is 108 Å². The molecule has 2 unspecified atom stereocenters. The molecule has 6 N–H and O–H groups in total. The Balaban J connectivity index is 1.82. The van der Waals surface area contributed by atoms with Gasteiger partial charge in [0.1, 0.15) is 0 Å². The molecule has 0 aliphatic carbocycles. The highest BCUT2D eigenvalue weighted by Gasteiger charge is 2.41. The van der Waals surface area contributed by atoms with Crippen molar-refractivity contribution >= 4 is 38.8 Å². The van der Waals surface area contributed by atoms with Crippen LogP contribution >= 0.6 is 0 Å². The second kappa shape index (κ2) is 19.8. The van der Waals surface area contributed by atoms with Crippen molar-refractivity contribution in [3.8, 4) is 33.8 Å². The van der Waals surface area contributed by atoms with Crippen molar-refractivity contribution in [2.75, 3.05) is 27.2 Å². The van der Waals surface area contributed by atoms with E-state index in [9.17, 15) is 18.0 Å². The molecule has 15 heteroatoms. The summed E-state index contributed by atoms with van der Waals surface area (Å²) in [5.41, 5.74) is 16.3. The first-order valence-corrected chi connectivity index (χ1v) is 27.7. The van der Waals surface area contributed by atoms with Gasteiger partial charge in [-0.3, -0.25) is 9.59 Å². The smallest absolute Gasteiger partial charge is 0.409 e. The lowest BCUT2D eigenvalue weighted by atomic mass is 9.98. The van der Waals surface area contributed by atoms with E-state index in [0.717, 1.165) is 11.1 Å². The van der Waals surface area contributed by atoms with E-state index in [2.05, 4.69) is 78.4 Å². The highest BCUT2D eigenvalue weighted by molar-refractivity contribution is 7.82. The number of benzene rings is 4. The maximum absolute atomic E-state index is 14.1. The lowest BCUT2D eigenvalue weighted by molar-refractivity contribution is -0.118. The zero-order valence-corrected chi connectivity index (χ0v) is 40.7. The SMILES string of the molecule is CNCC(O[Si](C)(C)C(C)(C)C)c1ccc(OS(=O)(=O)Oc2ccc(C(CNC)O[Si](C)(C)C(C)(C)C)cc2-c2ccc(CC(N)=O)cc2)c(-c2ccc(CC(N)=O)cc2)c1. The van der Waals surface area contributed by atoms with Crippen molar-refractivity contribution in [1.29, 1.82) is 0 Å². The van der Waals surface area contributed by atoms with Crippen molar-refractivity contribution < 1.29 is 35.2 Å². The number of carbonyl (C=O) groups is 2. The Hall–Kier alpha value is -4.36. The van der Waals surface area contributed by atoms with Crippen molar-refractivity contribution in [3.05, 3.63) is 107 Å². The summed E-state index contributed by atoms with van der Waals surface area (Å²) in [5.74, 6) is -0.857. The maximum atomic E-state index is 14.1. The molecule has 4 aromatic rings. The number of rotatable bonds is 20. The normalized spacial score (nSPS) is 13.7. The van der Waals surface area contributed by atoms with Gasteiger partial charge in [-0.2, -0.15) is 0 Å². The fourth-order valence-electron chi connectivity index (χ4n) is 6.23. The third-order valence-electron chi connectivity index (χ3n) is 11.7. The zero-order chi connectivity index (χ0) is 45.6. The molecule has 4 aromatic carbocycles. The molecular formula is C46H66N4O8SSi2. The number of likely N-dealkylation sites (N-methyl/N-ethyl adjacent to an activating group) is 2. The lowest BCUT2D eigenvalue weighted by Crippen LogP contribution is -2.43. The minimum Gasteiger partial charge on any atom is -0.409 e. The van der Waals surface area contributed by atoms with Gasteiger partial charge in [-0.25, -0.2) is 0 Å². The van der Waals surface area contributed by atoms with E-state index >= 15 is 0 Å². The maximum Gasteiger partial charge on any atom is 0.501 e. The van der Waals surface area contributed by atoms with E-state index in [4.69, 9.17) is 28.7 Å². The quantitative estimate of drug-likeness (QED) is 0.0630. The second-order valence-corrected chi connectivity index (χ2v) is 29.3. The van der Waals surface area contributed by atoms with Crippen LogP contribution in [0.2, 0.25) is 36.3 Å². The molecule has 0 saturated carbocycles. The molecule has 0 aliphatic heterocycles. The largest absolute Gasteiger partial charge is 0.501 e. The van der Waals surface area contributed by atoms with Crippen LogP contribution < -0.4 is 30.5 Å².